The molecule has 1 heterocycles. The Morgan fingerprint density at radius 1 is 1.33 bits per heavy atom. The van der Waals surface area contributed by atoms with Crippen molar-refractivity contribution in [2.75, 3.05) is 14.2 Å². The molecular formula is C11H18O6P-. The van der Waals surface area contributed by atoms with Gasteiger partial charge in [0.1, 0.15) is 17.3 Å². The Bertz CT molecular complexity index is 410. The topological polar surface area (TPSA) is 77.1 Å². The SMILES string of the molecule is CO[C@]12CC1CC1(OP(=O)([O-])OC)C[C@H](C)OC12. The maximum atomic E-state index is 11.6. The monoisotopic (exact) mass is 277 g/mol. The lowest BCUT2D eigenvalue weighted by Crippen LogP contribution is -2.45. The zero-order chi connectivity index (χ0) is 13.2. The van der Waals surface area contributed by atoms with Crippen LogP contribution in [0.4, 0.5) is 0 Å². The minimum atomic E-state index is -4.26. The minimum Gasteiger partial charge on any atom is -0.756 e. The number of rotatable bonds is 4. The van der Waals surface area contributed by atoms with Gasteiger partial charge in [0.25, 0.3) is 7.82 Å². The third-order valence-electron chi connectivity index (χ3n) is 4.51. The molecule has 3 aliphatic rings. The summed E-state index contributed by atoms with van der Waals surface area (Å²) in [7, 11) is -1.50. The van der Waals surface area contributed by atoms with E-state index in [1.807, 2.05) is 6.92 Å². The lowest BCUT2D eigenvalue weighted by Gasteiger charge is -2.37. The normalized spacial score (nSPS) is 52.8. The van der Waals surface area contributed by atoms with Crippen LogP contribution in [0.2, 0.25) is 0 Å². The summed E-state index contributed by atoms with van der Waals surface area (Å²) < 4.78 is 32.8. The molecule has 2 aliphatic carbocycles. The number of hydrogen-bond acceptors (Lipinski definition) is 6. The van der Waals surface area contributed by atoms with Crippen LogP contribution < -0.4 is 4.89 Å². The lowest BCUT2D eigenvalue weighted by atomic mass is 9.91. The van der Waals surface area contributed by atoms with E-state index in [9.17, 15) is 9.46 Å². The van der Waals surface area contributed by atoms with Crippen LogP contribution in [0.3, 0.4) is 0 Å². The molecule has 0 N–H and O–H groups in total. The van der Waals surface area contributed by atoms with E-state index < -0.39 is 13.4 Å². The van der Waals surface area contributed by atoms with Gasteiger partial charge in [-0.05, 0) is 25.7 Å². The number of hydrogen-bond donors (Lipinski definition) is 0. The Kier molecular flexibility index (Phi) is 2.74. The lowest BCUT2D eigenvalue weighted by molar-refractivity contribution is -0.238. The fourth-order valence-corrected chi connectivity index (χ4v) is 4.56. The highest BCUT2D eigenvalue weighted by molar-refractivity contribution is 7.45. The molecule has 4 unspecified atom stereocenters. The summed E-state index contributed by atoms with van der Waals surface area (Å²) in [6.45, 7) is 1.92. The van der Waals surface area contributed by atoms with Crippen LogP contribution in [0.5, 0.6) is 0 Å². The number of phosphoric ester groups is 1. The molecule has 0 radical (unpaired) electrons. The number of ether oxygens (including phenoxy) is 2. The summed E-state index contributed by atoms with van der Waals surface area (Å²) >= 11 is 0. The molecule has 7 heteroatoms. The van der Waals surface area contributed by atoms with E-state index in [0.29, 0.717) is 18.8 Å². The van der Waals surface area contributed by atoms with Crippen molar-refractivity contribution in [3.63, 3.8) is 0 Å². The predicted molar refractivity (Wildman–Crippen MR) is 59.8 cm³/mol. The van der Waals surface area contributed by atoms with Gasteiger partial charge < -0.3 is 23.4 Å². The fraction of sp³-hybridized carbons (Fsp3) is 1.00. The molecule has 0 spiro atoms. The molecule has 1 aliphatic heterocycles. The maximum absolute atomic E-state index is 11.6. The van der Waals surface area contributed by atoms with Crippen molar-refractivity contribution in [3.8, 4) is 0 Å². The molecule has 3 fully saturated rings. The van der Waals surface area contributed by atoms with Crippen LogP contribution >= 0.6 is 7.82 Å². The molecule has 0 aromatic heterocycles. The van der Waals surface area contributed by atoms with Crippen molar-refractivity contribution in [1.29, 1.82) is 0 Å². The zero-order valence-corrected chi connectivity index (χ0v) is 11.6. The molecule has 2 saturated carbocycles. The van der Waals surface area contributed by atoms with Crippen molar-refractivity contribution in [2.45, 2.75) is 49.6 Å². The first-order valence-corrected chi connectivity index (χ1v) is 7.62. The van der Waals surface area contributed by atoms with E-state index >= 15 is 0 Å². The van der Waals surface area contributed by atoms with Gasteiger partial charge in [-0.3, -0.25) is 4.57 Å². The summed E-state index contributed by atoms with van der Waals surface area (Å²) in [6.07, 6.45) is 1.80. The van der Waals surface area contributed by atoms with Gasteiger partial charge in [0.2, 0.25) is 0 Å². The first-order valence-electron chi connectivity index (χ1n) is 6.16. The second-order valence-corrected chi connectivity index (χ2v) is 7.02. The zero-order valence-electron chi connectivity index (χ0n) is 10.8. The highest BCUT2D eigenvalue weighted by Gasteiger charge is 2.77. The van der Waals surface area contributed by atoms with Gasteiger partial charge in [-0.2, -0.15) is 0 Å². The molecule has 6 atom stereocenters. The number of fused-ring (bicyclic) bond motifs is 3. The minimum absolute atomic E-state index is 0.0274. The van der Waals surface area contributed by atoms with Crippen LogP contribution in [-0.2, 0) is 23.1 Å². The summed E-state index contributed by atoms with van der Waals surface area (Å²) in [6, 6.07) is 0. The summed E-state index contributed by atoms with van der Waals surface area (Å²) in [4.78, 5) is 11.6. The van der Waals surface area contributed by atoms with Crippen molar-refractivity contribution in [1.82, 2.24) is 0 Å². The van der Waals surface area contributed by atoms with Gasteiger partial charge in [0.05, 0.1) is 6.10 Å². The highest BCUT2D eigenvalue weighted by atomic mass is 31.2. The molecule has 0 amide bonds. The summed E-state index contributed by atoms with van der Waals surface area (Å²) in [5.74, 6) is 0.330. The second kappa shape index (κ2) is 3.78. The molecule has 18 heavy (non-hydrogen) atoms. The molecule has 104 valence electrons. The average molecular weight is 277 g/mol. The van der Waals surface area contributed by atoms with E-state index in [2.05, 4.69) is 4.52 Å². The number of phosphoric acid groups is 1. The summed E-state index contributed by atoms with van der Waals surface area (Å²) in [5.41, 5.74) is -1.15. The Balaban J connectivity index is 1.89. The van der Waals surface area contributed by atoms with Gasteiger partial charge >= 0.3 is 0 Å². The van der Waals surface area contributed by atoms with Gasteiger partial charge in [-0.15, -0.1) is 0 Å². The first-order chi connectivity index (χ1) is 8.37. The first kappa shape index (κ1) is 13.0. The average Bonchev–Trinajstić information content (AvgIpc) is 2.80. The molecular weight excluding hydrogens is 259 g/mol. The Morgan fingerprint density at radius 2 is 2.06 bits per heavy atom. The van der Waals surface area contributed by atoms with Gasteiger partial charge in [-0.1, -0.05) is 0 Å². The Morgan fingerprint density at radius 3 is 2.67 bits per heavy atom. The van der Waals surface area contributed by atoms with E-state index in [1.165, 1.54) is 0 Å². The fourth-order valence-electron chi connectivity index (χ4n) is 3.80. The quantitative estimate of drug-likeness (QED) is 0.709. The van der Waals surface area contributed by atoms with Crippen LogP contribution in [0.1, 0.15) is 26.2 Å². The standard InChI is InChI=1S/C11H19O6P/c1-7-4-10(17-18(12,13)15-3)5-8-6-11(8,14-2)9(10)16-7/h7-9H,4-6H2,1-3H3,(H,12,13)/p-1/t7-,8?,9?,10?,11+/m0/s1. The Hall–Kier alpha value is 0.0300. The molecule has 3 rings (SSSR count). The van der Waals surface area contributed by atoms with Crippen molar-refractivity contribution in [3.05, 3.63) is 0 Å². The Labute approximate surface area is 106 Å². The van der Waals surface area contributed by atoms with E-state index in [1.54, 1.807) is 7.11 Å². The molecule has 0 bridgehead atoms. The van der Waals surface area contributed by atoms with Gasteiger partial charge in [0, 0.05) is 20.6 Å². The van der Waals surface area contributed by atoms with Crippen LogP contribution in [-0.4, -0.2) is 37.6 Å². The van der Waals surface area contributed by atoms with Crippen LogP contribution in [0.15, 0.2) is 0 Å². The number of methoxy groups -OCH3 is 1. The second-order valence-electron chi connectivity index (χ2n) is 5.58. The summed E-state index contributed by atoms with van der Waals surface area (Å²) in [5, 5.41) is 0. The smallest absolute Gasteiger partial charge is 0.268 e. The molecule has 0 aromatic rings. The molecule has 1 saturated heterocycles. The van der Waals surface area contributed by atoms with Gasteiger partial charge in [-0.25, -0.2) is 0 Å². The van der Waals surface area contributed by atoms with Crippen molar-refractivity contribution >= 4 is 7.82 Å². The van der Waals surface area contributed by atoms with E-state index in [-0.39, 0.29) is 17.8 Å². The predicted octanol–water partition coefficient (Wildman–Crippen LogP) is 0.843. The van der Waals surface area contributed by atoms with Crippen LogP contribution in [0.25, 0.3) is 0 Å². The van der Waals surface area contributed by atoms with E-state index in [0.717, 1.165) is 13.5 Å². The van der Waals surface area contributed by atoms with Crippen molar-refractivity contribution in [2.24, 2.45) is 5.92 Å². The third kappa shape index (κ3) is 1.64. The highest BCUT2D eigenvalue weighted by Crippen LogP contribution is 2.69. The van der Waals surface area contributed by atoms with E-state index in [4.69, 9.17) is 14.0 Å². The maximum Gasteiger partial charge on any atom is 0.268 e. The molecule has 0 aromatic carbocycles. The molecule has 6 nitrogen and oxygen atoms in total. The third-order valence-corrected chi connectivity index (χ3v) is 5.54. The van der Waals surface area contributed by atoms with Crippen molar-refractivity contribution < 1.29 is 28.0 Å². The van der Waals surface area contributed by atoms with Gasteiger partial charge in [0.15, 0.2) is 0 Å². The largest absolute Gasteiger partial charge is 0.756 e. The van der Waals surface area contributed by atoms with Crippen LogP contribution in [0, 0.1) is 5.92 Å².